The number of carbonyl (C=O) groups is 4. The lowest BCUT2D eigenvalue weighted by Crippen LogP contribution is -2.53. The molecular weight excluding hydrogens is 531 g/mol. The minimum absolute atomic E-state index is 0.0178. The summed E-state index contributed by atoms with van der Waals surface area (Å²) in [5.74, 6) is -1.62. The summed E-state index contributed by atoms with van der Waals surface area (Å²) in [5.41, 5.74) is 0.780. The monoisotopic (exact) mass is 560 g/mol. The van der Waals surface area contributed by atoms with Gasteiger partial charge in [0.25, 0.3) is 5.91 Å². The molecule has 0 radical (unpaired) electrons. The third-order valence-electron chi connectivity index (χ3n) is 8.93. The lowest BCUT2D eigenvalue weighted by molar-refractivity contribution is -0.133. The van der Waals surface area contributed by atoms with E-state index in [0.29, 0.717) is 39.6 Å². The largest absolute Gasteiger partial charge is 0.389 e. The number of hydrogen-bond donors (Lipinski definition) is 4. The van der Waals surface area contributed by atoms with Gasteiger partial charge in [-0.3, -0.25) is 19.2 Å². The maximum atomic E-state index is 13.7. The van der Waals surface area contributed by atoms with Crippen molar-refractivity contribution in [2.75, 3.05) is 13.2 Å². The minimum atomic E-state index is -0.997. The molecule has 0 bridgehead atoms. The Labute approximate surface area is 229 Å². The number of aromatic amines is 1. The number of amides is 3. The van der Waals surface area contributed by atoms with Crippen molar-refractivity contribution in [2.45, 2.75) is 62.6 Å². The van der Waals surface area contributed by atoms with Crippen molar-refractivity contribution < 1.29 is 24.3 Å². The topological polar surface area (TPSA) is 132 Å². The van der Waals surface area contributed by atoms with Gasteiger partial charge in [-0.2, -0.15) is 0 Å². The Bertz CT molecular complexity index is 1340. The summed E-state index contributed by atoms with van der Waals surface area (Å²) in [6.07, 6.45) is 5.33. The number of halogens is 2. The summed E-state index contributed by atoms with van der Waals surface area (Å²) >= 11 is 12.4. The normalized spacial score (nSPS) is 28.0. The van der Waals surface area contributed by atoms with Crippen LogP contribution >= 0.6 is 23.2 Å². The first-order valence-electron chi connectivity index (χ1n) is 13.2. The average molecular weight is 561 g/mol. The number of carbonyl (C=O) groups excluding carboxylic acids is 4. The first kappa shape index (κ1) is 25.6. The number of H-pyrrole nitrogens is 1. The van der Waals surface area contributed by atoms with Crippen molar-refractivity contribution in [3.05, 3.63) is 33.9 Å². The van der Waals surface area contributed by atoms with Gasteiger partial charge in [0.05, 0.1) is 11.1 Å². The molecule has 2 aromatic rings. The van der Waals surface area contributed by atoms with Gasteiger partial charge >= 0.3 is 0 Å². The first-order valence-corrected chi connectivity index (χ1v) is 14.0. The third-order valence-corrected chi connectivity index (χ3v) is 9.46. The molecular formula is C27H30Cl2N4O5. The fraction of sp³-hybridized carbons (Fsp3) is 0.556. The second-order valence-corrected chi connectivity index (χ2v) is 12.2. The summed E-state index contributed by atoms with van der Waals surface area (Å²) in [6.45, 7) is -0.292. The summed E-state index contributed by atoms with van der Waals surface area (Å²) in [4.78, 5) is 57.3. The number of rotatable bonds is 7. The third kappa shape index (κ3) is 4.48. The average Bonchev–Trinajstić information content (AvgIpc) is 3.24. The van der Waals surface area contributed by atoms with Gasteiger partial charge in [0, 0.05) is 33.9 Å². The van der Waals surface area contributed by atoms with Gasteiger partial charge in [-0.05, 0) is 68.6 Å². The van der Waals surface area contributed by atoms with E-state index in [4.69, 9.17) is 23.2 Å². The molecule has 3 amide bonds. The molecule has 1 aromatic carbocycles. The van der Waals surface area contributed by atoms with E-state index < -0.39 is 36.3 Å². The number of Topliss-reactive ketones (excluding diaryl/α,β-unsaturated/α-hetero) is 1. The number of ketones is 1. The first-order chi connectivity index (χ1) is 18.2. The number of aromatic nitrogens is 1. The summed E-state index contributed by atoms with van der Waals surface area (Å²) in [6, 6.07) is 3.23. The van der Waals surface area contributed by atoms with Crippen LogP contribution in [-0.4, -0.2) is 69.3 Å². The van der Waals surface area contributed by atoms with Crippen LogP contribution < -0.4 is 10.6 Å². The zero-order valence-corrected chi connectivity index (χ0v) is 22.3. The van der Waals surface area contributed by atoms with E-state index in [9.17, 15) is 24.3 Å². The fourth-order valence-electron chi connectivity index (χ4n) is 6.85. The van der Waals surface area contributed by atoms with Gasteiger partial charge in [0.1, 0.15) is 18.3 Å². The SMILES string of the molecule is O=C1NC2(CC2)C[C@H]1C[C@H](NC(=O)[C@@H]1[C@H]2CCC[C@H]2CN1C(=O)c1cc2c(Cl)cc(Cl)cc2[nH]1)C(=O)CO. The standard InChI is InChI=1S/C27H30Cl2N4O5/c28-15-7-18(29)17-9-21(30-19(17)8-15)26(38)33-11-13-2-1-3-16(13)23(33)25(37)31-20(22(35)12-34)6-14-10-27(4-5-27)32-24(14)36/h7-9,13-14,16,20,23,30,34H,1-6,10-12H2,(H,31,37)(H,32,36)/t13-,14+,16-,20-,23-/m0/s1. The maximum Gasteiger partial charge on any atom is 0.271 e. The Morgan fingerprint density at radius 1 is 1.18 bits per heavy atom. The number of nitrogens with one attached hydrogen (secondary N) is 3. The molecule has 6 rings (SSSR count). The molecule has 3 heterocycles. The van der Waals surface area contributed by atoms with E-state index in [-0.39, 0.29) is 35.6 Å². The molecule has 2 saturated heterocycles. The molecule has 9 nitrogen and oxygen atoms in total. The van der Waals surface area contributed by atoms with Gasteiger partial charge in [0.15, 0.2) is 5.78 Å². The molecule has 38 heavy (non-hydrogen) atoms. The molecule has 2 aliphatic heterocycles. The van der Waals surface area contributed by atoms with Crippen LogP contribution in [0.2, 0.25) is 10.0 Å². The Hall–Kier alpha value is -2.62. The van der Waals surface area contributed by atoms with Crippen LogP contribution in [0.5, 0.6) is 0 Å². The highest BCUT2D eigenvalue weighted by Gasteiger charge is 2.53. The highest BCUT2D eigenvalue weighted by atomic mass is 35.5. The maximum absolute atomic E-state index is 13.7. The smallest absolute Gasteiger partial charge is 0.271 e. The number of aliphatic hydroxyl groups is 1. The van der Waals surface area contributed by atoms with E-state index >= 15 is 0 Å². The van der Waals surface area contributed by atoms with Crippen LogP contribution in [0.1, 0.15) is 55.4 Å². The second kappa shape index (κ2) is 9.54. The van der Waals surface area contributed by atoms with Crippen molar-refractivity contribution in [1.29, 1.82) is 0 Å². The molecule has 1 spiro atoms. The lowest BCUT2D eigenvalue weighted by atomic mass is 9.91. The molecule has 4 fully saturated rings. The van der Waals surface area contributed by atoms with Gasteiger partial charge in [0.2, 0.25) is 11.8 Å². The Morgan fingerprint density at radius 3 is 2.68 bits per heavy atom. The van der Waals surface area contributed by atoms with Gasteiger partial charge in [-0.25, -0.2) is 0 Å². The Kier molecular flexibility index (Phi) is 6.44. The lowest BCUT2D eigenvalue weighted by Gasteiger charge is -2.29. The summed E-state index contributed by atoms with van der Waals surface area (Å²) in [5, 5.41) is 17.0. The zero-order chi connectivity index (χ0) is 26.8. The van der Waals surface area contributed by atoms with Gasteiger partial charge in [-0.1, -0.05) is 29.6 Å². The second-order valence-electron chi connectivity index (χ2n) is 11.4. The molecule has 4 N–H and O–H groups in total. The van der Waals surface area contributed by atoms with E-state index in [0.717, 1.165) is 32.1 Å². The molecule has 5 atom stereocenters. The summed E-state index contributed by atoms with van der Waals surface area (Å²) in [7, 11) is 0. The number of aliphatic hydroxyl groups excluding tert-OH is 1. The van der Waals surface area contributed by atoms with Crippen LogP contribution in [0.3, 0.4) is 0 Å². The quantitative estimate of drug-likeness (QED) is 0.413. The van der Waals surface area contributed by atoms with Crippen LogP contribution in [0, 0.1) is 17.8 Å². The number of benzene rings is 1. The summed E-state index contributed by atoms with van der Waals surface area (Å²) < 4.78 is 0. The van der Waals surface area contributed by atoms with Crippen molar-refractivity contribution in [1.82, 2.24) is 20.5 Å². The van der Waals surface area contributed by atoms with Crippen LogP contribution in [0.25, 0.3) is 10.9 Å². The fourth-order valence-corrected chi connectivity index (χ4v) is 7.40. The molecule has 1 aromatic heterocycles. The highest BCUT2D eigenvalue weighted by Crippen LogP contribution is 2.46. The molecule has 202 valence electrons. The van der Waals surface area contributed by atoms with E-state index in [1.54, 1.807) is 23.1 Å². The van der Waals surface area contributed by atoms with Crippen LogP contribution in [0.4, 0.5) is 0 Å². The van der Waals surface area contributed by atoms with Gasteiger partial charge < -0.3 is 25.6 Å². The Morgan fingerprint density at radius 2 is 1.97 bits per heavy atom. The van der Waals surface area contributed by atoms with Crippen molar-refractivity contribution in [3.8, 4) is 0 Å². The van der Waals surface area contributed by atoms with E-state index in [1.165, 1.54) is 0 Å². The molecule has 2 aliphatic carbocycles. The number of likely N-dealkylation sites (tertiary alicyclic amines) is 1. The molecule has 2 saturated carbocycles. The molecule has 0 unspecified atom stereocenters. The van der Waals surface area contributed by atoms with Crippen LogP contribution in [0.15, 0.2) is 18.2 Å². The highest BCUT2D eigenvalue weighted by molar-refractivity contribution is 6.38. The van der Waals surface area contributed by atoms with Gasteiger partial charge in [-0.15, -0.1) is 0 Å². The minimum Gasteiger partial charge on any atom is -0.389 e. The van der Waals surface area contributed by atoms with Crippen molar-refractivity contribution >= 4 is 57.6 Å². The predicted molar refractivity (Wildman–Crippen MR) is 141 cm³/mol. The molecule has 11 heteroatoms. The number of nitrogens with zero attached hydrogens (tertiary/aromatic N) is 1. The van der Waals surface area contributed by atoms with Crippen molar-refractivity contribution in [3.63, 3.8) is 0 Å². The van der Waals surface area contributed by atoms with E-state index in [2.05, 4.69) is 15.6 Å². The van der Waals surface area contributed by atoms with Crippen LogP contribution in [-0.2, 0) is 14.4 Å². The Balaban J connectivity index is 1.24. The van der Waals surface area contributed by atoms with E-state index in [1.807, 2.05) is 0 Å². The number of fused-ring (bicyclic) bond motifs is 2. The predicted octanol–water partition coefficient (Wildman–Crippen LogP) is 2.82. The zero-order valence-electron chi connectivity index (χ0n) is 20.8. The van der Waals surface area contributed by atoms with Crippen molar-refractivity contribution in [2.24, 2.45) is 17.8 Å². The molecule has 4 aliphatic rings. The number of hydrogen-bond acceptors (Lipinski definition) is 5.